The Morgan fingerprint density at radius 3 is 2.62 bits per heavy atom. The Bertz CT molecular complexity index is 579. The molecule has 1 amide bonds. The highest BCUT2D eigenvalue weighted by molar-refractivity contribution is 9.10. The highest BCUT2D eigenvalue weighted by atomic mass is 79.9. The molecule has 0 aromatic carbocycles. The van der Waals surface area contributed by atoms with Crippen molar-refractivity contribution in [2.45, 2.75) is 44.8 Å². The fourth-order valence-electron chi connectivity index (χ4n) is 2.55. The molecule has 2 rings (SSSR count). The summed E-state index contributed by atoms with van der Waals surface area (Å²) < 4.78 is 8.16. The number of aromatic nitrogens is 1. The smallest absolute Gasteiger partial charge is 0.254 e. The van der Waals surface area contributed by atoms with Crippen molar-refractivity contribution < 1.29 is 9.53 Å². The lowest BCUT2D eigenvalue weighted by Crippen LogP contribution is -2.47. The number of rotatable bonds is 3. The maximum absolute atomic E-state index is 11.7. The summed E-state index contributed by atoms with van der Waals surface area (Å²) in [5.74, 6) is 6.19. The van der Waals surface area contributed by atoms with E-state index in [1.54, 1.807) is 13.2 Å². The SMILES string of the molecule is CC(=O)N(N)[C@H]1CC[C@@H](Oc2cc(=O)n(C)cc2Br)CC1. The van der Waals surface area contributed by atoms with Gasteiger partial charge in [0.15, 0.2) is 0 Å². The van der Waals surface area contributed by atoms with E-state index in [9.17, 15) is 9.59 Å². The molecule has 1 fully saturated rings. The van der Waals surface area contributed by atoms with Crippen LogP contribution in [0.25, 0.3) is 0 Å². The van der Waals surface area contributed by atoms with Gasteiger partial charge < -0.3 is 9.30 Å². The summed E-state index contributed by atoms with van der Waals surface area (Å²) in [5, 5.41) is 1.31. The third kappa shape index (κ3) is 3.85. The van der Waals surface area contributed by atoms with E-state index in [-0.39, 0.29) is 23.6 Å². The number of halogens is 1. The molecule has 0 bridgehead atoms. The van der Waals surface area contributed by atoms with Crippen molar-refractivity contribution in [2.24, 2.45) is 12.9 Å². The van der Waals surface area contributed by atoms with Gasteiger partial charge in [-0.3, -0.25) is 14.6 Å². The molecule has 1 saturated carbocycles. The standard InChI is InChI=1S/C14H20BrN3O3/c1-9(19)18(16)10-3-5-11(6-4-10)21-13-7-14(20)17(2)8-12(13)15/h7-8,10-11H,3-6,16H2,1-2H3/t10-,11+. The van der Waals surface area contributed by atoms with E-state index < -0.39 is 0 Å². The van der Waals surface area contributed by atoms with E-state index in [1.165, 1.54) is 22.6 Å². The van der Waals surface area contributed by atoms with E-state index in [1.807, 2.05) is 0 Å². The fourth-order valence-corrected chi connectivity index (χ4v) is 3.06. The number of hydrazine groups is 1. The van der Waals surface area contributed by atoms with Gasteiger partial charge in [0.1, 0.15) is 5.75 Å². The minimum Gasteiger partial charge on any atom is -0.489 e. The first kappa shape index (κ1) is 16.0. The van der Waals surface area contributed by atoms with Gasteiger partial charge in [0.25, 0.3) is 5.56 Å². The summed E-state index contributed by atoms with van der Waals surface area (Å²) in [5.41, 5.74) is -0.105. The topological polar surface area (TPSA) is 77.6 Å². The van der Waals surface area contributed by atoms with Crippen LogP contribution in [0.4, 0.5) is 0 Å². The van der Waals surface area contributed by atoms with Crippen molar-refractivity contribution >= 4 is 21.8 Å². The molecule has 2 N–H and O–H groups in total. The van der Waals surface area contributed by atoms with Gasteiger partial charge in [-0.25, -0.2) is 5.84 Å². The van der Waals surface area contributed by atoms with Crippen molar-refractivity contribution in [1.82, 2.24) is 9.58 Å². The van der Waals surface area contributed by atoms with Crippen molar-refractivity contribution in [1.29, 1.82) is 0 Å². The number of nitrogens with zero attached hydrogens (tertiary/aromatic N) is 2. The molecule has 0 spiro atoms. The Balaban J connectivity index is 1.96. The van der Waals surface area contributed by atoms with Crippen molar-refractivity contribution in [3.05, 3.63) is 27.1 Å². The van der Waals surface area contributed by atoms with Gasteiger partial charge in [-0.1, -0.05) is 0 Å². The molecule has 0 saturated heterocycles. The van der Waals surface area contributed by atoms with Crippen LogP contribution in [0.2, 0.25) is 0 Å². The summed E-state index contributed by atoms with van der Waals surface area (Å²) in [7, 11) is 1.69. The predicted octanol–water partition coefficient (Wildman–Crippen LogP) is 1.56. The Morgan fingerprint density at radius 1 is 1.43 bits per heavy atom. The molecule has 0 aliphatic heterocycles. The summed E-state index contributed by atoms with van der Waals surface area (Å²) in [6, 6.07) is 1.57. The van der Waals surface area contributed by atoms with Crippen LogP contribution < -0.4 is 16.1 Å². The minimum atomic E-state index is -0.117. The fraction of sp³-hybridized carbons (Fsp3) is 0.571. The first-order valence-corrected chi connectivity index (χ1v) is 7.75. The van der Waals surface area contributed by atoms with Crippen LogP contribution in [0.5, 0.6) is 5.75 Å². The van der Waals surface area contributed by atoms with Crippen LogP contribution in [-0.2, 0) is 11.8 Å². The van der Waals surface area contributed by atoms with Gasteiger partial charge in [0.05, 0.1) is 10.6 Å². The third-order valence-corrected chi connectivity index (χ3v) is 4.43. The number of hydrogen-bond acceptors (Lipinski definition) is 4. The first-order valence-electron chi connectivity index (χ1n) is 6.96. The second kappa shape index (κ2) is 6.62. The average Bonchev–Trinajstić information content (AvgIpc) is 2.44. The first-order chi connectivity index (χ1) is 9.88. The van der Waals surface area contributed by atoms with E-state index in [2.05, 4.69) is 15.9 Å². The zero-order valence-electron chi connectivity index (χ0n) is 12.2. The Hall–Kier alpha value is -1.34. The summed E-state index contributed by atoms with van der Waals surface area (Å²) in [6.45, 7) is 1.47. The van der Waals surface area contributed by atoms with E-state index in [0.717, 1.165) is 30.2 Å². The van der Waals surface area contributed by atoms with Gasteiger partial charge >= 0.3 is 0 Å². The zero-order chi connectivity index (χ0) is 15.6. The lowest BCUT2D eigenvalue weighted by molar-refractivity contribution is -0.132. The number of nitrogens with two attached hydrogens (primary N) is 1. The molecular formula is C14H20BrN3O3. The highest BCUT2D eigenvalue weighted by Gasteiger charge is 2.27. The number of ether oxygens (including phenoxy) is 1. The second-order valence-electron chi connectivity index (χ2n) is 5.41. The molecule has 7 heteroatoms. The summed E-state index contributed by atoms with van der Waals surface area (Å²) in [6.07, 6.45) is 4.98. The van der Waals surface area contributed by atoms with Crippen LogP contribution >= 0.6 is 15.9 Å². The van der Waals surface area contributed by atoms with Gasteiger partial charge in [-0.15, -0.1) is 0 Å². The van der Waals surface area contributed by atoms with E-state index in [4.69, 9.17) is 10.6 Å². The highest BCUT2D eigenvalue weighted by Crippen LogP contribution is 2.29. The number of pyridine rings is 1. The summed E-state index contributed by atoms with van der Waals surface area (Å²) in [4.78, 5) is 22.9. The Kier molecular flexibility index (Phi) is 5.05. The second-order valence-corrected chi connectivity index (χ2v) is 6.26. The third-order valence-electron chi connectivity index (χ3n) is 3.84. The predicted molar refractivity (Wildman–Crippen MR) is 82.8 cm³/mol. The van der Waals surface area contributed by atoms with Crippen LogP contribution in [0.1, 0.15) is 32.6 Å². The number of carbonyl (C=O) groups excluding carboxylic acids is 1. The number of amides is 1. The molecule has 0 unspecified atom stereocenters. The molecule has 0 radical (unpaired) electrons. The maximum Gasteiger partial charge on any atom is 0.254 e. The van der Waals surface area contributed by atoms with Crippen LogP contribution in [-0.4, -0.2) is 27.6 Å². The number of aryl methyl sites for hydroxylation is 1. The number of carbonyl (C=O) groups is 1. The van der Waals surface area contributed by atoms with Crippen molar-refractivity contribution in [2.75, 3.05) is 0 Å². The molecule has 1 aliphatic rings. The monoisotopic (exact) mass is 357 g/mol. The van der Waals surface area contributed by atoms with Crippen molar-refractivity contribution in [3.63, 3.8) is 0 Å². The molecule has 6 nitrogen and oxygen atoms in total. The molecule has 1 aromatic rings. The zero-order valence-corrected chi connectivity index (χ0v) is 13.8. The molecule has 1 aromatic heterocycles. The lowest BCUT2D eigenvalue weighted by Gasteiger charge is -2.33. The molecular weight excluding hydrogens is 338 g/mol. The molecule has 21 heavy (non-hydrogen) atoms. The number of hydrogen-bond donors (Lipinski definition) is 1. The molecule has 1 heterocycles. The van der Waals surface area contributed by atoms with Gasteiger partial charge in [-0.05, 0) is 41.6 Å². The largest absolute Gasteiger partial charge is 0.489 e. The minimum absolute atomic E-state index is 0.0463. The van der Waals surface area contributed by atoms with E-state index >= 15 is 0 Å². The van der Waals surface area contributed by atoms with Gasteiger partial charge in [0.2, 0.25) is 5.91 Å². The molecule has 1 aliphatic carbocycles. The molecule has 116 valence electrons. The Labute approximate surface area is 132 Å². The summed E-state index contributed by atoms with van der Waals surface area (Å²) >= 11 is 3.40. The quantitative estimate of drug-likeness (QED) is 0.505. The van der Waals surface area contributed by atoms with Crippen LogP contribution in [0, 0.1) is 0 Å². The van der Waals surface area contributed by atoms with Gasteiger partial charge in [0, 0.05) is 32.3 Å². The Morgan fingerprint density at radius 2 is 2.05 bits per heavy atom. The van der Waals surface area contributed by atoms with Gasteiger partial charge in [-0.2, -0.15) is 0 Å². The molecule has 0 atom stereocenters. The normalized spacial score (nSPS) is 21.9. The maximum atomic E-state index is 11.7. The van der Waals surface area contributed by atoms with Crippen LogP contribution in [0.3, 0.4) is 0 Å². The average molecular weight is 358 g/mol. The van der Waals surface area contributed by atoms with E-state index in [0.29, 0.717) is 5.75 Å². The van der Waals surface area contributed by atoms with Crippen LogP contribution in [0.15, 0.2) is 21.5 Å². The van der Waals surface area contributed by atoms with Crippen molar-refractivity contribution in [3.8, 4) is 5.75 Å². The lowest BCUT2D eigenvalue weighted by atomic mass is 9.92.